The average molecular weight is 239 g/mol. The van der Waals surface area contributed by atoms with Crippen molar-refractivity contribution in [2.75, 3.05) is 19.6 Å². The van der Waals surface area contributed by atoms with Crippen LogP contribution in [0.15, 0.2) is 6.20 Å². The van der Waals surface area contributed by atoms with Crippen molar-refractivity contribution in [1.29, 1.82) is 0 Å². The van der Waals surface area contributed by atoms with Gasteiger partial charge in [-0.2, -0.15) is 0 Å². The lowest BCUT2D eigenvalue weighted by molar-refractivity contribution is 0.376. The summed E-state index contributed by atoms with van der Waals surface area (Å²) < 4.78 is 0. The Morgan fingerprint density at radius 1 is 1.69 bits per heavy atom. The molecule has 0 bridgehead atoms. The Bertz CT molecular complexity index is 318. The Morgan fingerprint density at radius 3 is 3.25 bits per heavy atom. The summed E-state index contributed by atoms with van der Waals surface area (Å²) >= 11 is 1.84. The van der Waals surface area contributed by atoms with Crippen LogP contribution in [0.3, 0.4) is 0 Å². The van der Waals surface area contributed by atoms with Gasteiger partial charge in [-0.15, -0.1) is 11.3 Å². The van der Waals surface area contributed by atoms with E-state index < -0.39 is 0 Å². The second-order valence-electron chi connectivity index (χ2n) is 4.71. The first-order valence-corrected chi connectivity index (χ1v) is 6.96. The maximum absolute atomic E-state index is 5.67. The maximum atomic E-state index is 5.67. The van der Waals surface area contributed by atoms with Gasteiger partial charge in [-0.25, -0.2) is 4.98 Å². The minimum Gasteiger partial charge on any atom is -0.330 e. The van der Waals surface area contributed by atoms with Crippen molar-refractivity contribution in [2.45, 2.75) is 32.1 Å². The predicted octanol–water partition coefficient (Wildman–Crippen LogP) is 1.75. The highest BCUT2D eigenvalue weighted by Gasteiger charge is 2.16. The molecule has 2 unspecified atom stereocenters. The van der Waals surface area contributed by atoms with Crippen molar-refractivity contribution in [3.63, 3.8) is 0 Å². The van der Waals surface area contributed by atoms with Gasteiger partial charge in [-0.1, -0.05) is 6.92 Å². The third-order valence-electron chi connectivity index (χ3n) is 3.27. The van der Waals surface area contributed by atoms with Gasteiger partial charge in [0.25, 0.3) is 0 Å². The zero-order valence-corrected chi connectivity index (χ0v) is 10.7. The molecule has 0 aliphatic carbocycles. The standard InChI is InChI=1S/C12H21N3S/c1-9(6-13)11-8-15-12(16-11)5-10-3-2-4-14-7-10/h8-10,14H,2-7,13H2,1H3. The Balaban J connectivity index is 1.91. The molecule has 0 amide bonds. The number of thiazole rings is 1. The lowest BCUT2D eigenvalue weighted by Gasteiger charge is -2.21. The number of hydrogen-bond donors (Lipinski definition) is 2. The number of hydrogen-bond acceptors (Lipinski definition) is 4. The summed E-state index contributed by atoms with van der Waals surface area (Å²) in [6.45, 7) is 5.22. The first kappa shape index (κ1) is 12.0. The van der Waals surface area contributed by atoms with Gasteiger partial charge in [0.2, 0.25) is 0 Å². The third kappa shape index (κ3) is 3.03. The van der Waals surface area contributed by atoms with E-state index in [9.17, 15) is 0 Å². The molecular formula is C12H21N3S. The van der Waals surface area contributed by atoms with Crippen LogP contribution in [0.1, 0.15) is 35.6 Å². The molecule has 0 radical (unpaired) electrons. The molecule has 2 heterocycles. The largest absolute Gasteiger partial charge is 0.330 e. The second-order valence-corrected chi connectivity index (χ2v) is 5.86. The molecule has 1 fully saturated rings. The predicted molar refractivity (Wildman–Crippen MR) is 68.9 cm³/mol. The first-order chi connectivity index (χ1) is 7.79. The maximum Gasteiger partial charge on any atom is 0.0931 e. The molecule has 2 atom stereocenters. The highest BCUT2D eigenvalue weighted by atomic mass is 32.1. The molecule has 2 rings (SSSR count). The van der Waals surface area contributed by atoms with E-state index in [2.05, 4.69) is 17.2 Å². The Morgan fingerprint density at radius 2 is 2.56 bits per heavy atom. The van der Waals surface area contributed by atoms with Gasteiger partial charge >= 0.3 is 0 Å². The number of nitrogens with one attached hydrogen (secondary N) is 1. The second kappa shape index (κ2) is 5.75. The molecule has 1 aliphatic rings. The van der Waals surface area contributed by atoms with Gasteiger partial charge in [-0.05, 0) is 38.4 Å². The summed E-state index contributed by atoms with van der Waals surface area (Å²) in [5, 5.41) is 4.73. The number of piperidine rings is 1. The van der Waals surface area contributed by atoms with E-state index in [1.54, 1.807) is 0 Å². The van der Waals surface area contributed by atoms with Gasteiger partial charge in [0, 0.05) is 23.4 Å². The lowest BCUT2D eigenvalue weighted by atomic mass is 9.97. The van der Waals surface area contributed by atoms with Crippen LogP contribution in [0, 0.1) is 5.92 Å². The minimum atomic E-state index is 0.454. The van der Waals surface area contributed by atoms with Crippen molar-refractivity contribution in [1.82, 2.24) is 10.3 Å². The molecule has 1 saturated heterocycles. The molecular weight excluding hydrogens is 218 g/mol. The summed E-state index contributed by atoms with van der Waals surface area (Å²) in [6, 6.07) is 0. The molecule has 90 valence electrons. The summed E-state index contributed by atoms with van der Waals surface area (Å²) in [4.78, 5) is 5.85. The highest BCUT2D eigenvalue weighted by Crippen LogP contribution is 2.25. The van der Waals surface area contributed by atoms with Gasteiger partial charge < -0.3 is 11.1 Å². The lowest BCUT2D eigenvalue weighted by Crippen LogP contribution is -2.30. The van der Waals surface area contributed by atoms with E-state index in [0.717, 1.165) is 18.9 Å². The molecule has 0 spiro atoms. The molecule has 1 aromatic heterocycles. The third-order valence-corrected chi connectivity index (χ3v) is 4.52. The van der Waals surface area contributed by atoms with Crippen molar-refractivity contribution in [3.05, 3.63) is 16.1 Å². The van der Waals surface area contributed by atoms with Crippen LogP contribution in [0.5, 0.6) is 0 Å². The van der Waals surface area contributed by atoms with Crippen LogP contribution in [0.2, 0.25) is 0 Å². The Hall–Kier alpha value is -0.450. The summed E-state index contributed by atoms with van der Waals surface area (Å²) in [7, 11) is 0. The quantitative estimate of drug-likeness (QED) is 0.841. The number of nitrogens with two attached hydrogens (primary N) is 1. The van der Waals surface area contributed by atoms with Crippen LogP contribution in [0.4, 0.5) is 0 Å². The van der Waals surface area contributed by atoms with E-state index in [4.69, 9.17) is 5.73 Å². The molecule has 0 saturated carbocycles. The van der Waals surface area contributed by atoms with Crippen molar-refractivity contribution >= 4 is 11.3 Å². The van der Waals surface area contributed by atoms with E-state index in [1.807, 2.05) is 17.5 Å². The molecule has 1 aliphatic heterocycles. The van der Waals surface area contributed by atoms with Crippen LogP contribution in [-0.4, -0.2) is 24.6 Å². The molecule has 1 aromatic rings. The van der Waals surface area contributed by atoms with Crippen LogP contribution in [-0.2, 0) is 6.42 Å². The number of nitrogens with zero attached hydrogens (tertiary/aromatic N) is 1. The summed E-state index contributed by atoms with van der Waals surface area (Å²) in [6.07, 6.45) is 5.79. The van der Waals surface area contributed by atoms with Crippen LogP contribution < -0.4 is 11.1 Å². The zero-order valence-electron chi connectivity index (χ0n) is 9.91. The van der Waals surface area contributed by atoms with Gasteiger partial charge in [0.05, 0.1) is 5.01 Å². The molecule has 0 aromatic carbocycles. The zero-order chi connectivity index (χ0) is 11.4. The summed E-state index contributed by atoms with van der Waals surface area (Å²) in [5.41, 5.74) is 5.67. The fourth-order valence-corrected chi connectivity index (χ4v) is 3.21. The first-order valence-electron chi connectivity index (χ1n) is 6.15. The smallest absolute Gasteiger partial charge is 0.0931 e. The molecule has 3 N–H and O–H groups in total. The van der Waals surface area contributed by atoms with Gasteiger partial charge in [0.1, 0.15) is 0 Å². The average Bonchev–Trinajstić information content (AvgIpc) is 2.78. The van der Waals surface area contributed by atoms with Crippen LogP contribution >= 0.6 is 11.3 Å². The van der Waals surface area contributed by atoms with E-state index in [-0.39, 0.29) is 0 Å². The van der Waals surface area contributed by atoms with E-state index in [0.29, 0.717) is 12.5 Å². The summed E-state index contributed by atoms with van der Waals surface area (Å²) in [5.74, 6) is 1.23. The Kier molecular flexibility index (Phi) is 4.32. The van der Waals surface area contributed by atoms with Gasteiger partial charge in [0.15, 0.2) is 0 Å². The molecule has 16 heavy (non-hydrogen) atoms. The highest BCUT2D eigenvalue weighted by molar-refractivity contribution is 7.11. The number of rotatable bonds is 4. The van der Waals surface area contributed by atoms with Crippen molar-refractivity contribution in [2.24, 2.45) is 11.7 Å². The fourth-order valence-electron chi connectivity index (χ4n) is 2.11. The normalized spacial score (nSPS) is 23.2. The molecule has 3 nitrogen and oxygen atoms in total. The van der Waals surface area contributed by atoms with Gasteiger partial charge in [-0.3, -0.25) is 0 Å². The van der Waals surface area contributed by atoms with Crippen molar-refractivity contribution < 1.29 is 0 Å². The van der Waals surface area contributed by atoms with Crippen molar-refractivity contribution in [3.8, 4) is 0 Å². The SMILES string of the molecule is CC(CN)c1cnc(CC2CCCNC2)s1. The fraction of sp³-hybridized carbons (Fsp3) is 0.750. The minimum absolute atomic E-state index is 0.454. The van der Waals surface area contributed by atoms with E-state index in [1.165, 1.54) is 29.3 Å². The topological polar surface area (TPSA) is 50.9 Å². The monoisotopic (exact) mass is 239 g/mol. The van der Waals surface area contributed by atoms with Crippen LogP contribution in [0.25, 0.3) is 0 Å². The molecule has 4 heteroatoms. The van der Waals surface area contributed by atoms with E-state index >= 15 is 0 Å². The Labute approximate surface area is 101 Å². The number of aromatic nitrogens is 1.